The third kappa shape index (κ3) is 3.47. The van der Waals surface area contributed by atoms with Crippen molar-refractivity contribution >= 4 is 23.6 Å². The maximum absolute atomic E-state index is 10.9. The lowest BCUT2D eigenvalue weighted by molar-refractivity contribution is -0.251. The predicted molar refractivity (Wildman–Crippen MR) is 125 cm³/mol. The van der Waals surface area contributed by atoms with Crippen molar-refractivity contribution in [2.75, 3.05) is 6.61 Å². The van der Waals surface area contributed by atoms with Crippen molar-refractivity contribution < 1.29 is 25.2 Å². The number of nitrogens with zero attached hydrogens (tertiary/aromatic N) is 2. The van der Waals surface area contributed by atoms with Crippen molar-refractivity contribution in [2.45, 2.75) is 43.5 Å². The fourth-order valence-corrected chi connectivity index (χ4v) is 5.99. The minimum absolute atomic E-state index is 0.167. The van der Waals surface area contributed by atoms with E-state index < -0.39 is 37.3 Å². The van der Waals surface area contributed by atoms with Crippen LogP contribution in [-0.2, 0) is 17.6 Å². The molecular weight excluding hydrogens is 460 g/mol. The van der Waals surface area contributed by atoms with Gasteiger partial charge in [0.2, 0.25) is 0 Å². The second kappa shape index (κ2) is 8.74. The number of rotatable bonds is 3. The number of hydrogen-bond donors (Lipinski definition) is 4. The molecule has 3 heterocycles. The highest BCUT2D eigenvalue weighted by Crippen LogP contribution is 2.45. The Balaban J connectivity index is 1.84. The van der Waals surface area contributed by atoms with Gasteiger partial charge in [-0.1, -0.05) is 42.5 Å². The van der Waals surface area contributed by atoms with Gasteiger partial charge in [-0.05, 0) is 41.0 Å². The maximum Gasteiger partial charge on any atom is 0.164 e. The van der Waals surface area contributed by atoms with Crippen LogP contribution in [0.2, 0.25) is 0 Å². The van der Waals surface area contributed by atoms with Crippen molar-refractivity contribution in [1.82, 2.24) is 4.57 Å². The lowest BCUT2D eigenvalue weighted by atomic mass is 9.82. The first kappa shape index (κ1) is 22.4. The van der Waals surface area contributed by atoms with E-state index in [9.17, 15) is 25.7 Å². The van der Waals surface area contributed by atoms with Crippen molar-refractivity contribution in [2.24, 2.45) is 0 Å². The highest BCUT2D eigenvalue weighted by atomic mass is 32.1. The summed E-state index contributed by atoms with van der Waals surface area (Å²) < 4.78 is 7.62. The summed E-state index contributed by atoms with van der Waals surface area (Å²) in [5, 5.41) is 53.3. The molecule has 0 amide bonds. The molecule has 7 nitrogen and oxygen atoms in total. The number of benzene rings is 1. The highest BCUT2D eigenvalue weighted by molar-refractivity contribution is 7.71. The van der Waals surface area contributed by atoms with Crippen LogP contribution in [0.15, 0.2) is 41.8 Å². The van der Waals surface area contributed by atoms with Crippen LogP contribution in [0.4, 0.5) is 0 Å². The molecule has 2 aliphatic rings. The first-order chi connectivity index (χ1) is 16.0. The average Bonchev–Trinajstić information content (AvgIpc) is 3.37. The summed E-state index contributed by atoms with van der Waals surface area (Å²) >= 11 is 7.28. The summed E-state index contributed by atoms with van der Waals surface area (Å²) in [6, 6.07) is 14.0. The Kier molecular flexibility index (Phi) is 5.93. The molecule has 0 unspecified atom stereocenters. The summed E-state index contributed by atoms with van der Waals surface area (Å²) in [5.74, 6) is 0. The molecule has 1 aromatic carbocycles. The van der Waals surface area contributed by atoms with Crippen LogP contribution in [-0.4, -0.2) is 56.0 Å². The number of thiophene rings is 1. The van der Waals surface area contributed by atoms with Crippen molar-refractivity contribution in [1.29, 1.82) is 5.26 Å². The topological polar surface area (TPSA) is 119 Å². The Bertz CT molecular complexity index is 1300. The molecule has 1 aliphatic carbocycles. The maximum atomic E-state index is 10.9. The van der Waals surface area contributed by atoms with E-state index in [-0.39, 0.29) is 4.64 Å². The van der Waals surface area contributed by atoms with Crippen LogP contribution in [0.3, 0.4) is 0 Å². The number of nitriles is 1. The smallest absolute Gasteiger partial charge is 0.164 e. The van der Waals surface area contributed by atoms with Crippen LogP contribution in [0.5, 0.6) is 0 Å². The van der Waals surface area contributed by atoms with Crippen LogP contribution >= 0.6 is 23.6 Å². The van der Waals surface area contributed by atoms with E-state index in [0.717, 1.165) is 33.6 Å². The molecule has 5 atom stereocenters. The summed E-state index contributed by atoms with van der Waals surface area (Å²) in [5.41, 5.74) is 4.80. The fourth-order valence-electron chi connectivity index (χ4n) is 4.85. The number of aromatic nitrogens is 1. The second-order valence-electron chi connectivity index (χ2n) is 8.22. The van der Waals surface area contributed by atoms with Gasteiger partial charge in [-0.15, -0.1) is 11.3 Å². The van der Waals surface area contributed by atoms with Crippen LogP contribution in [0.1, 0.15) is 22.9 Å². The fraction of sp³-hybridized carbons (Fsp3) is 0.333. The first-order valence-corrected chi connectivity index (χ1v) is 11.9. The van der Waals surface area contributed by atoms with Gasteiger partial charge in [-0.2, -0.15) is 5.26 Å². The summed E-state index contributed by atoms with van der Waals surface area (Å²) in [7, 11) is 0. The van der Waals surface area contributed by atoms with Crippen LogP contribution < -0.4 is 0 Å². The third-order valence-corrected chi connectivity index (χ3v) is 7.71. The van der Waals surface area contributed by atoms with Gasteiger partial charge in [0.1, 0.15) is 35.1 Å². The lowest BCUT2D eigenvalue weighted by Gasteiger charge is -2.42. The van der Waals surface area contributed by atoms with Gasteiger partial charge in [0, 0.05) is 5.56 Å². The number of fused-ring (bicyclic) bond motifs is 3. The van der Waals surface area contributed by atoms with Crippen molar-refractivity contribution in [3.63, 3.8) is 0 Å². The Morgan fingerprint density at radius 3 is 2.58 bits per heavy atom. The summed E-state index contributed by atoms with van der Waals surface area (Å²) in [4.78, 5) is 0.873. The van der Waals surface area contributed by atoms with E-state index in [1.165, 1.54) is 11.3 Å². The average molecular weight is 483 g/mol. The number of ether oxygens (including phenoxy) is 1. The van der Waals surface area contributed by atoms with E-state index in [1.54, 1.807) is 4.57 Å². The number of aliphatic hydroxyl groups is 4. The van der Waals surface area contributed by atoms with Gasteiger partial charge in [0.05, 0.1) is 22.7 Å². The number of aryl methyl sites for hydroxylation is 1. The van der Waals surface area contributed by atoms with E-state index in [2.05, 4.69) is 6.07 Å². The van der Waals surface area contributed by atoms with E-state index >= 15 is 0 Å². The monoisotopic (exact) mass is 482 g/mol. The molecular formula is C24H22N2O5S2. The van der Waals surface area contributed by atoms with E-state index in [1.807, 2.05) is 41.8 Å². The SMILES string of the molecule is N#Cc1c2c(c(-c3cccs3)n([C@@H]3O[C@H](CO)[C@H](O)[C@H](O)[C@H]3O)c1=S)CCc1ccccc1-2. The molecule has 9 heteroatoms. The number of hydrogen-bond acceptors (Lipinski definition) is 8. The summed E-state index contributed by atoms with van der Waals surface area (Å²) in [6.45, 7) is -0.549. The zero-order chi connectivity index (χ0) is 23.3. The number of aliphatic hydroxyl groups excluding tert-OH is 4. The first-order valence-electron chi connectivity index (χ1n) is 10.6. The van der Waals surface area contributed by atoms with Gasteiger partial charge >= 0.3 is 0 Å². The van der Waals surface area contributed by atoms with E-state index in [0.29, 0.717) is 17.7 Å². The van der Waals surface area contributed by atoms with Gasteiger partial charge in [-0.25, -0.2) is 0 Å². The quantitative estimate of drug-likeness (QED) is 0.424. The molecule has 1 saturated heterocycles. The molecule has 5 rings (SSSR count). The molecule has 170 valence electrons. The molecule has 1 aliphatic heterocycles. The van der Waals surface area contributed by atoms with Crippen molar-refractivity contribution in [3.05, 3.63) is 63.1 Å². The van der Waals surface area contributed by atoms with Crippen LogP contribution in [0.25, 0.3) is 21.7 Å². The standard InChI is InChI=1S/C24H22N2O5S2/c25-10-15-18-13-5-2-1-4-12(13)7-8-14(18)19(17-6-3-9-33-17)26(24(15)32)23-22(30)21(29)20(28)16(11-27)31-23/h1-6,9,16,20-23,27-30H,7-8,11H2/t16-,20+,21+,22-,23-/m1/s1. The third-order valence-electron chi connectivity index (χ3n) is 6.43. The summed E-state index contributed by atoms with van der Waals surface area (Å²) in [6.07, 6.45) is -5.41. The zero-order valence-corrected chi connectivity index (χ0v) is 19.1. The van der Waals surface area contributed by atoms with E-state index in [4.69, 9.17) is 17.0 Å². The molecule has 3 aromatic rings. The number of pyridine rings is 1. The van der Waals surface area contributed by atoms with Crippen LogP contribution in [0, 0.1) is 16.0 Å². The molecule has 0 radical (unpaired) electrons. The van der Waals surface area contributed by atoms with Crippen molar-refractivity contribution in [3.8, 4) is 27.8 Å². The second-order valence-corrected chi connectivity index (χ2v) is 9.55. The zero-order valence-electron chi connectivity index (χ0n) is 17.5. The largest absolute Gasteiger partial charge is 0.394 e. The Hall–Kier alpha value is -2.42. The molecule has 0 bridgehead atoms. The molecule has 4 N–H and O–H groups in total. The minimum atomic E-state index is -1.55. The normalized spacial score (nSPS) is 26.3. The van der Waals surface area contributed by atoms with Gasteiger partial charge in [0.15, 0.2) is 6.23 Å². The molecule has 33 heavy (non-hydrogen) atoms. The Labute approximate surface area is 199 Å². The Morgan fingerprint density at radius 2 is 1.88 bits per heavy atom. The minimum Gasteiger partial charge on any atom is -0.394 e. The lowest BCUT2D eigenvalue weighted by Crippen LogP contribution is -2.56. The molecule has 1 fully saturated rings. The molecule has 0 saturated carbocycles. The molecule has 0 spiro atoms. The van der Waals surface area contributed by atoms with Gasteiger partial charge in [0.25, 0.3) is 0 Å². The van der Waals surface area contributed by atoms with Gasteiger partial charge in [-0.3, -0.25) is 0 Å². The molecule has 2 aromatic heterocycles. The van der Waals surface area contributed by atoms with Gasteiger partial charge < -0.3 is 29.7 Å². The predicted octanol–water partition coefficient (Wildman–Crippen LogP) is 2.56. The Morgan fingerprint density at radius 1 is 1.09 bits per heavy atom. The highest BCUT2D eigenvalue weighted by Gasteiger charge is 2.45.